The van der Waals surface area contributed by atoms with Crippen LogP contribution in [0, 0.1) is 12.7 Å². The number of benzene rings is 2. The molecule has 1 amide bonds. The summed E-state index contributed by atoms with van der Waals surface area (Å²) in [4.78, 5) is 11.6. The fourth-order valence-corrected chi connectivity index (χ4v) is 1.90. The van der Waals surface area contributed by atoms with Gasteiger partial charge in [-0.05, 0) is 24.6 Å². The van der Waals surface area contributed by atoms with Crippen LogP contribution in [0.2, 0.25) is 0 Å². The van der Waals surface area contributed by atoms with E-state index in [-0.39, 0.29) is 5.56 Å². The van der Waals surface area contributed by atoms with Crippen LogP contribution in [0.4, 0.5) is 10.1 Å². The largest absolute Gasteiger partial charge is 0.370 e. The average molecular weight is 258 g/mol. The molecule has 0 aliphatic carbocycles. The molecule has 3 nitrogen and oxygen atoms in total. The Kier molecular flexibility index (Phi) is 3.80. The van der Waals surface area contributed by atoms with Gasteiger partial charge in [0.2, 0.25) is 5.91 Å². The highest BCUT2D eigenvalue weighted by Crippen LogP contribution is 2.23. The van der Waals surface area contributed by atoms with E-state index in [0.29, 0.717) is 0 Å². The first kappa shape index (κ1) is 13.1. The van der Waals surface area contributed by atoms with Crippen molar-refractivity contribution < 1.29 is 9.18 Å². The molecule has 98 valence electrons. The summed E-state index contributed by atoms with van der Waals surface area (Å²) < 4.78 is 13.8. The molecular weight excluding hydrogens is 243 g/mol. The summed E-state index contributed by atoms with van der Waals surface area (Å²) in [6, 6.07) is 12.7. The number of carbonyl (C=O) groups is 1. The molecule has 0 radical (unpaired) electrons. The zero-order valence-corrected chi connectivity index (χ0v) is 10.6. The van der Waals surface area contributed by atoms with Gasteiger partial charge >= 0.3 is 0 Å². The summed E-state index contributed by atoms with van der Waals surface area (Å²) in [6.45, 7) is 1.90. The van der Waals surface area contributed by atoms with E-state index in [1.807, 2.05) is 31.2 Å². The number of nitrogens with one attached hydrogen (secondary N) is 1. The molecule has 0 bridgehead atoms. The van der Waals surface area contributed by atoms with E-state index in [9.17, 15) is 9.18 Å². The van der Waals surface area contributed by atoms with E-state index in [1.54, 1.807) is 18.2 Å². The number of hydrogen-bond acceptors (Lipinski definition) is 2. The second kappa shape index (κ2) is 5.52. The van der Waals surface area contributed by atoms with E-state index >= 15 is 0 Å². The van der Waals surface area contributed by atoms with Gasteiger partial charge in [-0.15, -0.1) is 0 Å². The lowest BCUT2D eigenvalue weighted by atomic mass is 10.0. The smallest absolute Gasteiger partial charge is 0.244 e. The van der Waals surface area contributed by atoms with Gasteiger partial charge in [0.15, 0.2) is 0 Å². The molecule has 0 aliphatic rings. The van der Waals surface area contributed by atoms with Crippen LogP contribution >= 0.6 is 0 Å². The molecule has 0 saturated heterocycles. The first-order valence-electron chi connectivity index (χ1n) is 5.95. The molecule has 2 rings (SSSR count). The SMILES string of the molecule is Cc1ccccc1NC(C(N)=O)c1ccccc1F. The minimum absolute atomic E-state index is 0.248. The minimum atomic E-state index is -0.887. The van der Waals surface area contributed by atoms with Crippen molar-refractivity contribution in [3.05, 3.63) is 65.5 Å². The maximum absolute atomic E-state index is 13.8. The summed E-state index contributed by atoms with van der Waals surface area (Å²) in [7, 11) is 0. The van der Waals surface area contributed by atoms with Crippen LogP contribution in [0.15, 0.2) is 48.5 Å². The van der Waals surface area contributed by atoms with Gasteiger partial charge in [0.25, 0.3) is 0 Å². The van der Waals surface area contributed by atoms with Crippen LogP contribution in [0.3, 0.4) is 0 Å². The molecular formula is C15H15FN2O. The molecule has 0 fully saturated rings. The molecule has 2 aromatic carbocycles. The van der Waals surface area contributed by atoms with Gasteiger partial charge in [-0.1, -0.05) is 36.4 Å². The maximum Gasteiger partial charge on any atom is 0.244 e. The van der Waals surface area contributed by atoms with E-state index in [2.05, 4.69) is 5.32 Å². The summed E-state index contributed by atoms with van der Waals surface area (Å²) in [6.07, 6.45) is 0. The Morgan fingerprint density at radius 3 is 2.42 bits per heavy atom. The standard InChI is InChI=1S/C15H15FN2O/c1-10-6-2-5-9-13(10)18-14(15(17)19)11-7-3-4-8-12(11)16/h2-9,14,18H,1H3,(H2,17,19). The number of nitrogens with two attached hydrogens (primary N) is 1. The van der Waals surface area contributed by atoms with Gasteiger partial charge in [0.1, 0.15) is 11.9 Å². The number of hydrogen-bond donors (Lipinski definition) is 2. The van der Waals surface area contributed by atoms with E-state index < -0.39 is 17.8 Å². The topological polar surface area (TPSA) is 55.1 Å². The Bertz CT molecular complexity index is 598. The first-order chi connectivity index (χ1) is 9.09. The molecule has 0 heterocycles. The molecule has 19 heavy (non-hydrogen) atoms. The second-order valence-electron chi connectivity index (χ2n) is 4.32. The molecule has 1 unspecified atom stereocenters. The Balaban J connectivity index is 2.35. The van der Waals surface area contributed by atoms with Crippen molar-refractivity contribution in [2.24, 2.45) is 5.73 Å². The van der Waals surface area contributed by atoms with Crippen molar-refractivity contribution >= 4 is 11.6 Å². The van der Waals surface area contributed by atoms with Gasteiger partial charge in [-0.3, -0.25) is 4.79 Å². The third-order valence-corrected chi connectivity index (χ3v) is 2.95. The second-order valence-corrected chi connectivity index (χ2v) is 4.32. The van der Waals surface area contributed by atoms with Crippen LogP contribution in [0.25, 0.3) is 0 Å². The molecule has 0 aromatic heterocycles. The maximum atomic E-state index is 13.8. The normalized spacial score (nSPS) is 11.9. The number of aryl methyl sites for hydroxylation is 1. The number of primary amides is 1. The van der Waals surface area contributed by atoms with Crippen molar-refractivity contribution in [1.82, 2.24) is 0 Å². The Labute approximate surface area is 111 Å². The zero-order valence-electron chi connectivity index (χ0n) is 10.6. The molecule has 0 saturated carbocycles. The molecule has 3 N–H and O–H groups in total. The number of carbonyl (C=O) groups excluding carboxylic acids is 1. The Morgan fingerprint density at radius 1 is 1.16 bits per heavy atom. The van der Waals surface area contributed by atoms with Crippen molar-refractivity contribution in [2.45, 2.75) is 13.0 Å². The van der Waals surface area contributed by atoms with E-state index in [0.717, 1.165) is 11.3 Å². The van der Waals surface area contributed by atoms with Gasteiger partial charge < -0.3 is 11.1 Å². The molecule has 4 heteroatoms. The highest BCUT2D eigenvalue weighted by atomic mass is 19.1. The van der Waals surface area contributed by atoms with Crippen LogP contribution < -0.4 is 11.1 Å². The highest BCUT2D eigenvalue weighted by molar-refractivity contribution is 5.84. The fraction of sp³-hybridized carbons (Fsp3) is 0.133. The van der Waals surface area contributed by atoms with Gasteiger partial charge in [-0.2, -0.15) is 0 Å². The third-order valence-electron chi connectivity index (χ3n) is 2.95. The number of anilines is 1. The third kappa shape index (κ3) is 2.91. The molecule has 0 spiro atoms. The first-order valence-corrected chi connectivity index (χ1v) is 5.95. The highest BCUT2D eigenvalue weighted by Gasteiger charge is 2.21. The predicted octanol–water partition coefficient (Wildman–Crippen LogP) is 2.77. The van der Waals surface area contributed by atoms with E-state index in [1.165, 1.54) is 6.07 Å². The lowest BCUT2D eigenvalue weighted by molar-refractivity contribution is -0.118. The quantitative estimate of drug-likeness (QED) is 0.886. The summed E-state index contributed by atoms with van der Waals surface area (Å²) >= 11 is 0. The van der Waals surface area contributed by atoms with Crippen LogP contribution in [-0.4, -0.2) is 5.91 Å². The Hall–Kier alpha value is -2.36. The summed E-state index contributed by atoms with van der Waals surface area (Å²) in [5.41, 5.74) is 7.34. The lowest BCUT2D eigenvalue weighted by Crippen LogP contribution is -2.28. The molecule has 1 atom stereocenters. The van der Waals surface area contributed by atoms with Crippen LogP contribution in [0.5, 0.6) is 0 Å². The van der Waals surface area contributed by atoms with Gasteiger partial charge in [0.05, 0.1) is 0 Å². The van der Waals surface area contributed by atoms with Crippen molar-refractivity contribution in [3.8, 4) is 0 Å². The summed E-state index contributed by atoms with van der Waals surface area (Å²) in [5, 5.41) is 2.99. The minimum Gasteiger partial charge on any atom is -0.370 e. The van der Waals surface area contributed by atoms with Gasteiger partial charge in [0, 0.05) is 11.3 Å². The number of halogens is 1. The monoisotopic (exact) mass is 258 g/mol. The Morgan fingerprint density at radius 2 is 1.79 bits per heavy atom. The average Bonchev–Trinajstić information content (AvgIpc) is 2.38. The zero-order chi connectivity index (χ0) is 13.8. The lowest BCUT2D eigenvalue weighted by Gasteiger charge is -2.19. The van der Waals surface area contributed by atoms with Crippen LogP contribution in [-0.2, 0) is 4.79 Å². The van der Waals surface area contributed by atoms with Crippen molar-refractivity contribution in [2.75, 3.05) is 5.32 Å². The van der Waals surface area contributed by atoms with Crippen molar-refractivity contribution in [1.29, 1.82) is 0 Å². The molecule has 0 aliphatic heterocycles. The fourth-order valence-electron chi connectivity index (χ4n) is 1.90. The number of rotatable bonds is 4. The number of para-hydroxylation sites is 1. The van der Waals surface area contributed by atoms with E-state index in [4.69, 9.17) is 5.73 Å². The van der Waals surface area contributed by atoms with Gasteiger partial charge in [-0.25, -0.2) is 4.39 Å². The van der Waals surface area contributed by atoms with Crippen molar-refractivity contribution in [3.63, 3.8) is 0 Å². The molecule has 2 aromatic rings. The number of amides is 1. The van der Waals surface area contributed by atoms with Crippen LogP contribution in [0.1, 0.15) is 17.2 Å². The summed E-state index contributed by atoms with van der Waals surface area (Å²) in [5.74, 6) is -1.07. The predicted molar refractivity (Wildman–Crippen MR) is 73.1 cm³/mol.